The van der Waals surface area contributed by atoms with Crippen molar-refractivity contribution >= 4 is 31.9 Å². The molecule has 0 spiro atoms. The van der Waals surface area contributed by atoms with Crippen LogP contribution in [0.15, 0.2) is 33.6 Å². The Labute approximate surface area is 139 Å². The normalized spacial score (nSPS) is 17.4. The molecule has 0 aromatic heterocycles. The van der Waals surface area contributed by atoms with Gasteiger partial charge in [-0.15, -0.1) is 0 Å². The number of amides is 1. The van der Waals surface area contributed by atoms with Gasteiger partial charge >= 0.3 is 0 Å². The van der Waals surface area contributed by atoms with Crippen molar-refractivity contribution in [2.45, 2.75) is 11.8 Å². The summed E-state index contributed by atoms with van der Waals surface area (Å²) in [4.78, 5) is 13.3. The molecule has 1 saturated heterocycles. The summed E-state index contributed by atoms with van der Waals surface area (Å²) in [5.74, 6) is -0.0455. The maximum Gasteiger partial charge on any atom is 0.243 e. The Morgan fingerprint density at radius 2 is 1.95 bits per heavy atom. The van der Waals surface area contributed by atoms with Gasteiger partial charge in [0.2, 0.25) is 15.9 Å². The molecule has 1 heterocycles. The van der Waals surface area contributed by atoms with Gasteiger partial charge in [0.25, 0.3) is 0 Å². The van der Waals surface area contributed by atoms with Crippen LogP contribution >= 0.6 is 15.9 Å². The number of hydrogen-bond acceptors (Lipinski definition) is 4. The van der Waals surface area contributed by atoms with Crippen LogP contribution < -0.4 is 5.32 Å². The van der Waals surface area contributed by atoms with Gasteiger partial charge in [-0.2, -0.15) is 4.31 Å². The van der Waals surface area contributed by atoms with Crippen LogP contribution in [-0.2, 0) is 14.8 Å². The lowest BCUT2D eigenvalue weighted by Crippen LogP contribution is -2.50. The molecule has 1 aliphatic heterocycles. The predicted octanol–water partition coefficient (Wildman–Crippen LogP) is 0.892. The lowest BCUT2D eigenvalue weighted by Gasteiger charge is -2.33. The van der Waals surface area contributed by atoms with Gasteiger partial charge in [-0.3, -0.25) is 9.69 Å². The van der Waals surface area contributed by atoms with Crippen LogP contribution in [0.4, 0.5) is 0 Å². The second-order valence-corrected chi connectivity index (χ2v) is 8.04. The molecule has 0 aliphatic carbocycles. The Balaban J connectivity index is 1.92. The van der Waals surface area contributed by atoms with Crippen LogP contribution in [0.5, 0.6) is 0 Å². The van der Waals surface area contributed by atoms with Gasteiger partial charge in [0.05, 0.1) is 4.90 Å². The Kier molecular flexibility index (Phi) is 5.96. The zero-order valence-corrected chi connectivity index (χ0v) is 14.9. The van der Waals surface area contributed by atoms with E-state index in [0.717, 1.165) is 11.0 Å². The van der Waals surface area contributed by atoms with Crippen LogP contribution in [0.3, 0.4) is 0 Å². The highest BCUT2D eigenvalue weighted by atomic mass is 79.9. The van der Waals surface area contributed by atoms with Crippen molar-refractivity contribution in [3.63, 3.8) is 0 Å². The van der Waals surface area contributed by atoms with E-state index < -0.39 is 10.0 Å². The highest BCUT2D eigenvalue weighted by molar-refractivity contribution is 9.10. The zero-order chi connectivity index (χ0) is 16.2. The fraction of sp³-hybridized carbons (Fsp3) is 0.500. The summed E-state index contributed by atoms with van der Waals surface area (Å²) < 4.78 is 27.4. The third-order valence-electron chi connectivity index (χ3n) is 3.57. The van der Waals surface area contributed by atoms with Gasteiger partial charge in [-0.05, 0) is 18.2 Å². The standard InChI is InChI=1S/C14H20BrN3O3S/c1-12(19)16-5-6-17-7-9-18(10-8-17)22(20,21)14-4-2-3-13(15)11-14/h2-4,11H,5-10H2,1H3,(H,16,19). The van der Waals surface area contributed by atoms with E-state index in [9.17, 15) is 13.2 Å². The summed E-state index contributed by atoms with van der Waals surface area (Å²) >= 11 is 3.30. The topological polar surface area (TPSA) is 69.7 Å². The molecule has 1 N–H and O–H groups in total. The lowest BCUT2D eigenvalue weighted by molar-refractivity contribution is -0.119. The number of halogens is 1. The number of sulfonamides is 1. The van der Waals surface area contributed by atoms with E-state index in [0.29, 0.717) is 37.6 Å². The Morgan fingerprint density at radius 3 is 2.55 bits per heavy atom. The van der Waals surface area contributed by atoms with E-state index in [-0.39, 0.29) is 5.91 Å². The minimum atomic E-state index is -3.43. The van der Waals surface area contributed by atoms with E-state index in [1.54, 1.807) is 24.3 Å². The largest absolute Gasteiger partial charge is 0.355 e. The molecule has 1 fully saturated rings. The number of nitrogens with one attached hydrogen (secondary N) is 1. The van der Waals surface area contributed by atoms with Crippen molar-refractivity contribution in [1.29, 1.82) is 0 Å². The molecule has 6 nitrogen and oxygen atoms in total. The van der Waals surface area contributed by atoms with Gasteiger partial charge in [-0.1, -0.05) is 22.0 Å². The van der Waals surface area contributed by atoms with E-state index >= 15 is 0 Å². The molecule has 0 saturated carbocycles. The third kappa shape index (κ3) is 4.52. The average Bonchev–Trinajstić information content (AvgIpc) is 2.47. The summed E-state index contributed by atoms with van der Waals surface area (Å²) in [6.07, 6.45) is 0. The van der Waals surface area contributed by atoms with E-state index in [4.69, 9.17) is 0 Å². The first-order chi connectivity index (χ1) is 10.4. The lowest BCUT2D eigenvalue weighted by atomic mass is 10.3. The second kappa shape index (κ2) is 7.54. The Morgan fingerprint density at radius 1 is 1.27 bits per heavy atom. The van der Waals surface area contributed by atoms with Gasteiger partial charge < -0.3 is 5.32 Å². The number of rotatable bonds is 5. The minimum absolute atomic E-state index is 0.0455. The molecule has 1 amide bonds. The molecule has 1 aromatic carbocycles. The highest BCUT2D eigenvalue weighted by Gasteiger charge is 2.28. The van der Waals surface area contributed by atoms with Crippen molar-refractivity contribution in [1.82, 2.24) is 14.5 Å². The van der Waals surface area contributed by atoms with Gasteiger partial charge in [0, 0.05) is 50.7 Å². The number of carbonyl (C=O) groups excluding carboxylic acids is 1. The summed E-state index contributed by atoms with van der Waals surface area (Å²) in [5, 5.41) is 2.75. The van der Waals surface area contributed by atoms with E-state index in [2.05, 4.69) is 26.1 Å². The van der Waals surface area contributed by atoms with Crippen LogP contribution in [0.1, 0.15) is 6.92 Å². The van der Waals surface area contributed by atoms with Gasteiger partial charge in [0.15, 0.2) is 0 Å². The third-order valence-corrected chi connectivity index (χ3v) is 5.95. The van der Waals surface area contributed by atoms with Crippen molar-refractivity contribution in [2.75, 3.05) is 39.3 Å². The molecule has 0 radical (unpaired) electrons. The molecule has 1 aliphatic rings. The van der Waals surface area contributed by atoms with Crippen LogP contribution in [0, 0.1) is 0 Å². The first-order valence-corrected chi connectivity index (χ1v) is 9.35. The summed E-state index contributed by atoms with van der Waals surface area (Å²) in [6.45, 7) is 5.10. The first-order valence-electron chi connectivity index (χ1n) is 7.12. The number of benzene rings is 1. The molecular formula is C14H20BrN3O3S. The summed E-state index contributed by atoms with van der Waals surface area (Å²) in [5.41, 5.74) is 0. The average molecular weight is 390 g/mol. The maximum atomic E-state index is 12.6. The SMILES string of the molecule is CC(=O)NCCN1CCN(S(=O)(=O)c2cccc(Br)c2)CC1. The molecule has 0 bridgehead atoms. The molecule has 1 aromatic rings. The fourth-order valence-electron chi connectivity index (χ4n) is 2.36. The molecule has 22 heavy (non-hydrogen) atoms. The van der Waals surface area contributed by atoms with Crippen molar-refractivity contribution in [2.24, 2.45) is 0 Å². The summed E-state index contributed by atoms with van der Waals surface area (Å²) in [6, 6.07) is 6.77. The van der Waals surface area contributed by atoms with Crippen molar-refractivity contribution < 1.29 is 13.2 Å². The number of piperazine rings is 1. The minimum Gasteiger partial charge on any atom is -0.355 e. The zero-order valence-electron chi connectivity index (χ0n) is 12.5. The number of carbonyl (C=O) groups is 1. The second-order valence-electron chi connectivity index (χ2n) is 5.19. The predicted molar refractivity (Wildman–Crippen MR) is 88.0 cm³/mol. The Bertz CT molecular complexity index is 628. The van der Waals surface area contributed by atoms with Crippen molar-refractivity contribution in [3.8, 4) is 0 Å². The maximum absolute atomic E-state index is 12.6. The molecule has 0 unspecified atom stereocenters. The quantitative estimate of drug-likeness (QED) is 0.811. The first kappa shape index (κ1) is 17.4. The van der Waals surface area contributed by atoms with E-state index in [1.807, 2.05) is 0 Å². The smallest absolute Gasteiger partial charge is 0.243 e. The molecule has 0 atom stereocenters. The number of nitrogens with zero attached hydrogens (tertiary/aromatic N) is 2. The molecule has 8 heteroatoms. The van der Waals surface area contributed by atoms with Gasteiger partial charge in [0.1, 0.15) is 0 Å². The van der Waals surface area contributed by atoms with Crippen LogP contribution in [0.2, 0.25) is 0 Å². The Hall–Kier alpha value is -0.960. The van der Waals surface area contributed by atoms with Crippen molar-refractivity contribution in [3.05, 3.63) is 28.7 Å². The van der Waals surface area contributed by atoms with Gasteiger partial charge in [-0.25, -0.2) is 8.42 Å². The molecule has 122 valence electrons. The summed E-state index contributed by atoms with van der Waals surface area (Å²) in [7, 11) is -3.43. The fourth-order valence-corrected chi connectivity index (χ4v) is 4.38. The highest BCUT2D eigenvalue weighted by Crippen LogP contribution is 2.21. The van der Waals surface area contributed by atoms with Crippen LogP contribution in [0.25, 0.3) is 0 Å². The monoisotopic (exact) mass is 389 g/mol. The number of hydrogen-bond donors (Lipinski definition) is 1. The molecule has 2 rings (SSSR count). The van der Waals surface area contributed by atoms with Crippen LogP contribution in [-0.4, -0.2) is 62.8 Å². The molecular weight excluding hydrogens is 370 g/mol. The van der Waals surface area contributed by atoms with E-state index in [1.165, 1.54) is 11.2 Å².